The molecule has 17 heavy (non-hydrogen) atoms. The lowest BCUT2D eigenvalue weighted by atomic mass is 9.98. The number of urea groups is 1. The van der Waals surface area contributed by atoms with Crippen LogP contribution in [-0.4, -0.2) is 42.4 Å². The van der Waals surface area contributed by atoms with Crippen molar-refractivity contribution in [3.05, 3.63) is 0 Å². The summed E-state index contributed by atoms with van der Waals surface area (Å²) in [5, 5.41) is 14.3. The Labute approximate surface area is 101 Å². The van der Waals surface area contributed by atoms with Gasteiger partial charge in [-0.3, -0.25) is 0 Å². The summed E-state index contributed by atoms with van der Waals surface area (Å²) in [4.78, 5) is 22.7. The fourth-order valence-corrected chi connectivity index (χ4v) is 2.01. The first-order valence-electron chi connectivity index (χ1n) is 5.98. The van der Waals surface area contributed by atoms with E-state index >= 15 is 0 Å². The number of ether oxygens (including phenoxy) is 1. The third kappa shape index (κ3) is 3.89. The van der Waals surface area contributed by atoms with Crippen LogP contribution < -0.4 is 10.6 Å². The average molecular weight is 244 g/mol. The van der Waals surface area contributed by atoms with Gasteiger partial charge in [0.1, 0.15) is 5.54 Å². The van der Waals surface area contributed by atoms with Gasteiger partial charge in [-0.25, -0.2) is 9.59 Å². The van der Waals surface area contributed by atoms with Gasteiger partial charge in [0.15, 0.2) is 0 Å². The van der Waals surface area contributed by atoms with Crippen LogP contribution in [0, 0.1) is 0 Å². The van der Waals surface area contributed by atoms with Crippen LogP contribution in [0.2, 0.25) is 0 Å². The number of aliphatic carboxylic acids is 1. The fourth-order valence-electron chi connectivity index (χ4n) is 2.01. The molecule has 3 N–H and O–H groups in total. The molecule has 0 saturated heterocycles. The molecule has 0 aromatic heterocycles. The molecule has 0 radical (unpaired) electrons. The molecule has 6 heteroatoms. The summed E-state index contributed by atoms with van der Waals surface area (Å²) in [6.45, 7) is 3.29. The summed E-state index contributed by atoms with van der Waals surface area (Å²) in [7, 11) is 0. The van der Waals surface area contributed by atoms with Gasteiger partial charge in [0.25, 0.3) is 0 Å². The Hall–Kier alpha value is -1.30. The molecular formula is C11H20N2O4. The molecule has 0 heterocycles. The van der Waals surface area contributed by atoms with Crippen LogP contribution in [0.4, 0.5) is 4.79 Å². The van der Waals surface area contributed by atoms with Crippen molar-refractivity contribution in [1.82, 2.24) is 10.6 Å². The van der Waals surface area contributed by atoms with E-state index in [9.17, 15) is 9.59 Å². The summed E-state index contributed by atoms with van der Waals surface area (Å²) in [5.41, 5.74) is -1.07. The van der Waals surface area contributed by atoms with Crippen LogP contribution in [0.5, 0.6) is 0 Å². The normalized spacial score (nSPS) is 17.7. The third-order valence-electron chi connectivity index (χ3n) is 2.96. The van der Waals surface area contributed by atoms with Crippen LogP contribution in [0.3, 0.4) is 0 Å². The first-order valence-corrected chi connectivity index (χ1v) is 5.98. The Morgan fingerprint density at radius 2 is 2.00 bits per heavy atom. The van der Waals surface area contributed by atoms with E-state index in [0.717, 1.165) is 12.8 Å². The molecule has 0 spiro atoms. The van der Waals surface area contributed by atoms with E-state index in [0.29, 0.717) is 32.6 Å². The maximum Gasteiger partial charge on any atom is 0.329 e. The molecule has 1 aliphatic rings. The van der Waals surface area contributed by atoms with E-state index < -0.39 is 17.5 Å². The lowest BCUT2D eigenvalue weighted by Gasteiger charge is -2.25. The summed E-state index contributed by atoms with van der Waals surface area (Å²) in [6, 6.07) is -0.436. The summed E-state index contributed by atoms with van der Waals surface area (Å²) in [5.74, 6) is -0.949. The van der Waals surface area contributed by atoms with Crippen molar-refractivity contribution < 1.29 is 19.4 Å². The molecule has 6 nitrogen and oxygen atoms in total. The minimum absolute atomic E-state index is 0.384. The SMILES string of the molecule is CCOCCNC(=O)NC1(C(=O)O)CCCC1. The molecular weight excluding hydrogens is 224 g/mol. The first-order chi connectivity index (χ1) is 8.10. The number of carbonyl (C=O) groups excluding carboxylic acids is 1. The van der Waals surface area contributed by atoms with Gasteiger partial charge >= 0.3 is 12.0 Å². The third-order valence-corrected chi connectivity index (χ3v) is 2.96. The van der Waals surface area contributed by atoms with Crippen molar-refractivity contribution in [2.45, 2.75) is 38.1 Å². The minimum Gasteiger partial charge on any atom is -0.480 e. The van der Waals surface area contributed by atoms with E-state index in [4.69, 9.17) is 9.84 Å². The molecule has 0 bridgehead atoms. The molecule has 0 aromatic rings. The molecule has 0 unspecified atom stereocenters. The molecule has 1 saturated carbocycles. The van der Waals surface area contributed by atoms with Gasteiger partial charge in [0, 0.05) is 13.2 Å². The van der Waals surface area contributed by atoms with E-state index in [1.165, 1.54) is 0 Å². The predicted molar refractivity (Wildman–Crippen MR) is 61.9 cm³/mol. The standard InChI is InChI=1S/C11H20N2O4/c1-2-17-8-7-12-10(16)13-11(9(14)15)5-3-4-6-11/h2-8H2,1H3,(H,14,15)(H2,12,13,16). The highest BCUT2D eigenvalue weighted by atomic mass is 16.5. The molecule has 98 valence electrons. The smallest absolute Gasteiger partial charge is 0.329 e. The topological polar surface area (TPSA) is 87.7 Å². The van der Waals surface area contributed by atoms with Crippen molar-refractivity contribution in [2.24, 2.45) is 0 Å². The number of rotatable bonds is 6. The van der Waals surface area contributed by atoms with E-state index in [-0.39, 0.29) is 0 Å². The molecule has 2 amide bonds. The fraction of sp³-hybridized carbons (Fsp3) is 0.818. The first kappa shape index (κ1) is 13.8. The van der Waals surface area contributed by atoms with E-state index in [1.54, 1.807) is 0 Å². The maximum absolute atomic E-state index is 11.5. The molecule has 0 aromatic carbocycles. The van der Waals surface area contributed by atoms with Crippen molar-refractivity contribution in [2.75, 3.05) is 19.8 Å². The second kappa shape index (κ2) is 6.44. The van der Waals surface area contributed by atoms with Crippen LogP contribution in [0.1, 0.15) is 32.6 Å². The van der Waals surface area contributed by atoms with Crippen LogP contribution >= 0.6 is 0 Å². The van der Waals surface area contributed by atoms with Gasteiger partial charge in [-0.1, -0.05) is 12.8 Å². The van der Waals surface area contributed by atoms with Gasteiger partial charge in [0.2, 0.25) is 0 Å². The number of amides is 2. The molecule has 1 rings (SSSR count). The number of hydrogen-bond acceptors (Lipinski definition) is 3. The number of carboxylic acids is 1. The van der Waals surface area contributed by atoms with Gasteiger partial charge in [0.05, 0.1) is 6.61 Å². The Morgan fingerprint density at radius 3 is 2.53 bits per heavy atom. The lowest BCUT2D eigenvalue weighted by molar-refractivity contribution is -0.144. The number of nitrogens with one attached hydrogen (secondary N) is 2. The van der Waals surface area contributed by atoms with Crippen molar-refractivity contribution in [1.29, 1.82) is 0 Å². The summed E-state index contributed by atoms with van der Waals surface area (Å²) in [6.07, 6.45) is 2.68. The van der Waals surface area contributed by atoms with Gasteiger partial charge in [-0.2, -0.15) is 0 Å². The monoisotopic (exact) mass is 244 g/mol. The average Bonchev–Trinajstić information content (AvgIpc) is 2.74. The maximum atomic E-state index is 11.5. The Balaban J connectivity index is 2.35. The molecule has 0 aliphatic heterocycles. The van der Waals surface area contributed by atoms with Crippen LogP contribution in [0.15, 0.2) is 0 Å². The van der Waals surface area contributed by atoms with Crippen molar-refractivity contribution in [3.8, 4) is 0 Å². The Morgan fingerprint density at radius 1 is 1.35 bits per heavy atom. The highest BCUT2D eigenvalue weighted by Crippen LogP contribution is 2.29. The van der Waals surface area contributed by atoms with Gasteiger partial charge < -0.3 is 20.5 Å². The molecule has 1 aliphatic carbocycles. The minimum atomic E-state index is -1.07. The van der Waals surface area contributed by atoms with Gasteiger partial charge in [-0.15, -0.1) is 0 Å². The van der Waals surface area contributed by atoms with Crippen molar-refractivity contribution >= 4 is 12.0 Å². The Kier molecular flexibility index (Phi) is 5.21. The van der Waals surface area contributed by atoms with Crippen molar-refractivity contribution in [3.63, 3.8) is 0 Å². The number of hydrogen-bond donors (Lipinski definition) is 3. The van der Waals surface area contributed by atoms with E-state index in [1.807, 2.05) is 6.92 Å². The highest BCUT2D eigenvalue weighted by molar-refractivity contribution is 5.86. The lowest BCUT2D eigenvalue weighted by Crippen LogP contribution is -2.55. The number of carbonyl (C=O) groups is 2. The zero-order valence-corrected chi connectivity index (χ0v) is 10.1. The van der Waals surface area contributed by atoms with E-state index in [2.05, 4.69) is 10.6 Å². The largest absolute Gasteiger partial charge is 0.480 e. The molecule has 0 atom stereocenters. The second-order valence-electron chi connectivity index (χ2n) is 4.17. The predicted octanol–water partition coefficient (Wildman–Crippen LogP) is 0.719. The zero-order chi connectivity index (χ0) is 12.7. The number of carboxylic acid groups (broad SMARTS) is 1. The molecule has 1 fully saturated rings. The van der Waals surface area contributed by atoms with Gasteiger partial charge in [-0.05, 0) is 19.8 Å². The van der Waals surface area contributed by atoms with Crippen LogP contribution in [-0.2, 0) is 9.53 Å². The summed E-state index contributed by atoms with van der Waals surface area (Å²) < 4.78 is 5.07. The Bertz CT molecular complexity index is 275. The zero-order valence-electron chi connectivity index (χ0n) is 10.1. The summed E-state index contributed by atoms with van der Waals surface area (Å²) >= 11 is 0. The quantitative estimate of drug-likeness (QED) is 0.601. The van der Waals surface area contributed by atoms with Crippen LogP contribution in [0.25, 0.3) is 0 Å². The highest BCUT2D eigenvalue weighted by Gasteiger charge is 2.42. The second-order valence-corrected chi connectivity index (χ2v) is 4.17.